The molecule has 0 bridgehead atoms. The Hall–Kier alpha value is -1.65. The first kappa shape index (κ1) is 18.2. The van der Waals surface area contributed by atoms with E-state index in [0.29, 0.717) is 16.6 Å². The van der Waals surface area contributed by atoms with Crippen LogP contribution in [-0.4, -0.2) is 28.1 Å². The monoisotopic (exact) mass is 379 g/mol. The third-order valence-corrected chi connectivity index (χ3v) is 5.43. The number of rotatable bonds is 4. The number of amides is 2. The number of carbonyl (C=O) groups is 1. The third-order valence-electron chi connectivity index (χ3n) is 4.87. The van der Waals surface area contributed by atoms with E-state index in [9.17, 15) is 4.79 Å². The topological polar surface area (TPSA) is 37.3 Å². The number of halogens is 2. The largest absolute Gasteiger partial charge is 0.348 e. The van der Waals surface area contributed by atoms with Crippen LogP contribution >= 0.6 is 23.2 Å². The molecule has 0 saturated carbocycles. The van der Waals surface area contributed by atoms with Crippen LogP contribution in [0, 0.1) is 0 Å². The Labute approximate surface area is 158 Å². The fourth-order valence-electron chi connectivity index (χ4n) is 3.40. The molecule has 0 fully saturated rings. The van der Waals surface area contributed by atoms with Crippen molar-refractivity contribution < 1.29 is 4.79 Å². The molecule has 2 amide bonds. The second-order valence-corrected chi connectivity index (χ2v) is 7.19. The highest BCUT2D eigenvalue weighted by molar-refractivity contribution is 6.35. The van der Waals surface area contributed by atoms with Gasteiger partial charge in [0, 0.05) is 41.1 Å². The Morgan fingerprint density at radius 2 is 2.00 bits per heavy atom. The maximum atomic E-state index is 13.0. The number of fused-ring (bicyclic) bond motifs is 1. The fourth-order valence-corrected chi connectivity index (χ4v) is 3.91. The Morgan fingerprint density at radius 3 is 2.68 bits per heavy atom. The first-order valence-corrected chi connectivity index (χ1v) is 9.47. The summed E-state index contributed by atoms with van der Waals surface area (Å²) < 4.78 is 2.18. The van der Waals surface area contributed by atoms with Crippen LogP contribution in [0.5, 0.6) is 0 Å². The van der Waals surface area contributed by atoms with Gasteiger partial charge < -0.3 is 14.8 Å². The predicted molar refractivity (Wildman–Crippen MR) is 102 cm³/mol. The van der Waals surface area contributed by atoms with Gasteiger partial charge in [-0.2, -0.15) is 0 Å². The lowest BCUT2D eigenvalue weighted by atomic mass is 10.00. The molecule has 6 heteroatoms. The van der Waals surface area contributed by atoms with Crippen LogP contribution in [0.3, 0.4) is 0 Å². The van der Waals surface area contributed by atoms with Crippen LogP contribution in [0.2, 0.25) is 10.0 Å². The zero-order chi connectivity index (χ0) is 18.0. The quantitative estimate of drug-likeness (QED) is 0.788. The number of urea groups is 1. The van der Waals surface area contributed by atoms with Crippen molar-refractivity contribution in [2.24, 2.45) is 0 Å². The second-order valence-electron chi connectivity index (χ2n) is 6.35. The van der Waals surface area contributed by atoms with Crippen LogP contribution in [-0.2, 0) is 6.54 Å². The third kappa shape index (κ3) is 3.65. The molecule has 0 saturated heterocycles. The SMILES string of the molecule is CCC(CC)NC(=O)N1CCn2cccc2[C@H]1c1ccc(Cl)cc1Cl. The molecule has 4 nitrogen and oxygen atoms in total. The molecular weight excluding hydrogens is 357 g/mol. The summed E-state index contributed by atoms with van der Waals surface area (Å²) in [6.07, 6.45) is 3.87. The lowest BCUT2D eigenvalue weighted by Gasteiger charge is -2.38. The lowest BCUT2D eigenvalue weighted by molar-refractivity contribution is 0.164. The normalized spacial score (nSPS) is 16.8. The van der Waals surface area contributed by atoms with E-state index in [-0.39, 0.29) is 18.1 Å². The predicted octanol–water partition coefficient (Wildman–Crippen LogP) is 5.10. The second kappa shape index (κ2) is 7.71. The van der Waals surface area contributed by atoms with Gasteiger partial charge in [0.2, 0.25) is 0 Å². The van der Waals surface area contributed by atoms with Gasteiger partial charge in [-0.05, 0) is 42.7 Å². The highest BCUT2D eigenvalue weighted by Gasteiger charge is 2.33. The van der Waals surface area contributed by atoms with Crippen molar-refractivity contribution in [3.05, 3.63) is 57.8 Å². The maximum Gasteiger partial charge on any atom is 0.318 e. The van der Waals surface area contributed by atoms with Crippen LogP contribution in [0.25, 0.3) is 0 Å². The van der Waals surface area contributed by atoms with Gasteiger partial charge in [-0.15, -0.1) is 0 Å². The van der Waals surface area contributed by atoms with E-state index in [1.54, 1.807) is 6.07 Å². The van der Waals surface area contributed by atoms with E-state index >= 15 is 0 Å². The molecule has 1 aromatic carbocycles. The molecule has 25 heavy (non-hydrogen) atoms. The number of hydrogen-bond acceptors (Lipinski definition) is 1. The lowest BCUT2D eigenvalue weighted by Crippen LogP contribution is -2.49. The number of nitrogens with zero attached hydrogens (tertiary/aromatic N) is 2. The minimum Gasteiger partial charge on any atom is -0.348 e. The fraction of sp³-hybridized carbons (Fsp3) is 0.421. The summed E-state index contributed by atoms with van der Waals surface area (Å²) in [7, 11) is 0. The minimum absolute atomic E-state index is 0.0443. The van der Waals surface area contributed by atoms with Crippen molar-refractivity contribution >= 4 is 29.2 Å². The molecule has 1 aliphatic rings. The van der Waals surface area contributed by atoms with Crippen LogP contribution < -0.4 is 5.32 Å². The first-order chi connectivity index (χ1) is 12.0. The molecule has 1 N–H and O–H groups in total. The summed E-state index contributed by atoms with van der Waals surface area (Å²) in [6, 6.07) is 9.44. The standard InChI is InChI=1S/C19H23Cl2N3O/c1-3-14(4-2)22-19(25)24-11-10-23-9-5-6-17(23)18(24)15-8-7-13(20)12-16(15)21/h5-9,12,14,18H,3-4,10-11H2,1-2H3,(H,22,25)/t18-/m1/s1. The molecule has 134 valence electrons. The number of benzene rings is 1. The molecule has 1 atom stereocenters. The van der Waals surface area contributed by atoms with Gasteiger partial charge in [-0.25, -0.2) is 4.79 Å². The molecule has 0 spiro atoms. The summed E-state index contributed by atoms with van der Waals surface area (Å²) in [5.74, 6) is 0. The first-order valence-electron chi connectivity index (χ1n) is 8.72. The number of nitrogens with one attached hydrogen (secondary N) is 1. The highest BCUT2D eigenvalue weighted by atomic mass is 35.5. The van der Waals surface area contributed by atoms with Crippen LogP contribution in [0.4, 0.5) is 4.79 Å². The van der Waals surface area contributed by atoms with Crippen LogP contribution in [0.1, 0.15) is 44.0 Å². The number of hydrogen-bond donors (Lipinski definition) is 1. The zero-order valence-electron chi connectivity index (χ0n) is 14.5. The molecule has 1 aromatic heterocycles. The van der Waals surface area contributed by atoms with Crippen molar-refractivity contribution in [1.82, 2.24) is 14.8 Å². The molecule has 3 rings (SSSR count). The zero-order valence-corrected chi connectivity index (χ0v) is 16.0. The molecule has 2 heterocycles. The Bertz CT molecular complexity index is 755. The Morgan fingerprint density at radius 1 is 1.24 bits per heavy atom. The number of aromatic nitrogens is 1. The van der Waals surface area contributed by atoms with E-state index in [4.69, 9.17) is 23.2 Å². The highest BCUT2D eigenvalue weighted by Crippen LogP contribution is 2.37. The summed E-state index contributed by atoms with van der Waals surface area (Å²) in [5, 5.41) is 4.32. The van der Waals surface area contributed by atoms with E-state index in [2.05, 4.69) is 23.7 Å². The smallest absolute Gasteiger partial charge is 0.318 e. The van der Waals surface area contributed by atoms with Gasteiger partial charge in [0.15, 0.2) is 0 Å². The van der Waals surface area contributed by atoms with Crippen molar-refractivity contribution in [3.63, 3.8) is 0 Å². The maximum absolute atomic E-state index is 13.0. The van der Waals surface area contributed by atoms with Crippen molar-refractivity contribution in [1.29, 1.82) is 0 Å². The van der Waals surface area contributed by atoms with E-state index in [1.807, 2.05) is 35.4 Å². The summed E-state index contributed by atoms with van der Waals surface area (Å²) in [6.45, 7) is 5.59. The number of carbonyl (C=O) groups excluding carboxylic acids is 1. The average Bonchev–Trinajstić information content (AvgIpc) is 3.07. The van der Waals surface area contributed by atoms with Gasteiger partial charge >= 0.3 is 6.03 Å². The molecule has 0 aliphatic carbocycles. The van der Waals surface area contributed by atoms with Crippen molar-refractivity contribution in [2.75, 3.05) is 6.54 Å². The van der Waals surface area contributed by atoms with Gasteiger partial charge in [0.05, 0.1) is 0 Å². The van der Waals surface area contributed by atoms with Gasteiger partial charge in [-0.1, -0.05) is 43.1 Å². The molecule has 1 aliphatic heterocycles. The van der Waals surface area contributed by atoms with Crippen molar-refractivity contribution in [3.8, 4) is 0 Å². The molecular formula is C19H23Cl2N3O. The van der Waals surface area contributed by atoms with E-state index in [0.717, 1.165) is 30.6 Å². The molecule has 0 unspecified atom stereocenters. The minimum atomic E-state index is -0.220. The summed E-state index contributed by atoms with van der Waals surface area (Å²) in [4.78, 5) is 14.8. The van der Waals surface area contributed by atoms with Gasteiger partial charge in [0.25, 0.3) is 0 Å². The average molecular weight is 380 g/mol. The Kier molecular flexibility index (Phi) is 5.60. The molecule has 0 radical (unpaired) electrons. The van der Waals surface area contributed by atoms with E-state index in [1.165, 1.54) is 0 Å². The van der Waals surface area contributed by atoms with Gasteiger partial charge in [-0.3, -0.25) is 0 Å². The summed E-state index contributed by atoms with van der Waals surface area (Å²) in [5.41, 5.74) is 1.96. The summed E-state index contributed by atoms with van der Waals surface area (Å²) >= 11 is 12.5. The van der Waals surface area contributed by atoms with Gasteiger partial charge in [0.1, 0.15) is 6.04 Å². The van der Waals surface area contributed by atoms with E-state index < -0.39 is 0 Å². The van der Waals surface area contributed by atoms with Crippen molar-refractivity contribution in [2.45, 2.75) is 45.3 Å². The molecule has 2 aromatic rings. The van der Waals surface area contributed by atoms with Crippen LogP contribution in [0.15, 0.2) is 36.5 Å². The Balaban J connectivity index is 1.98.